The molecule has 0 aliphatic carbocycles. The maximum atomic E-state index is 14.7. The normalized spacial score (nSPS) is 14.4. The number of aliphatic hydroxyl groups is 1. The molecule has 4 rings (SSSR count). The van der Waals surface area contributed by atoms with Gasteiger partial charge in [-0.3, -0.25) is 4.68 Å². The van der Waals surface area contributed by atoms with Crippen molar-refractivity contribution in [3.63, 3.8) is 0 Å². The Bertz CT molecular complexity index is 1160. The van der Waals surface area contributed by atoms with Crippen LogP contribution in [-0.4, -0.2) is 29.7 Å². The van der Waals surface area contributed by atoms with Gasteiger partial charge >= 0.3 is 0 Å². The summed E-state index contributed by atoms with van der Waals surface area (Å²) in [4.78, 5) is 3.87. The third kappa shape index (κ3) is 3.71. The van der Waals surface area contributed by atoms with Gasteiger partial charge in [0.15, 0.2) is 0 Å². The van der Waals surface area contributed by atoms with Crippen LogP contribution in [0.25, 0.3) is 11.3 Å². The zero-order chi connectivity index (χ0) is 21.3. The minimum Gasteiger partial charge on any atom is -0.381 e. The van der Waals surface area contributed by atoms with Crippen molar-refractivity contribution in [1.82, 2.24) is 24.5 Å². The summed E-state index contributed by atoms with van der Waals surface area (Å²) < 4.78 is 31.1. The molecule has 0 amide bonds. The van der Waals surface area contributed by atoms with Crippen molar-refractivity contribution in [1.29, 1.82) is 0 Å². The summed E-state index contributed by atoms with van der Waals surface area (Å²) in [5.74, 6) is -1.59. The lowest BCUT2D eigenvalue weighted by Crippen LogP contribution is -2.40. The molecule has 2 aromatic carbocycles. The van der Waals surface area contributed by atoms with E-state index in [1.807, 2.05) is 18.2 Å². The zero-order valence-corrected chi connectivity index (χ0v) is 16.7. The Morgan fingerprint density at radius 2 is 1.97 bits per heavy atom. The number of nitrogens with zero attached hydrogens (tertiary/aromatic N) is 5. The van der Waals surface area contributed by atoms with Gasteiger partial charge in [0.05, 0.1) is 23.3 Å². The highest BCUT2D eigenvalue weighted by molar-refractivity contribution is 6.33. The molecule has 0 unspecified atom stereocenters. The van der Waals surface area contributed by atoms with E-state index in [1.165, 1.54) is 28.1 Å². The van der Waals surface area contributed by atoms with Crippen molar-refractivity contribution in [2.45, 2.75) is 25.1 Å². The maximum Gasteiger partial charge on any atom is 0.137 e. The van der Waals surface area contributed by atoms with E-state index in [0.29, 0.717) is 10.7 Å². The summed E-state index contributed by atoms with van der Waals surface area (Å²) in [5, 5.41) is 20.7. The average molecular weight is 430 g/mol. The summed E-state index contributed by atoms with van der Waals surface area (Å²) in [5.41, 5.74) is -0.523. The topological polar surface area (TPSA) is 68.8 Å². The van der Waals surface area contributed by atoms with Crippen LogP contribution >= 0.6 is 11.6 Å². The number of aromatic nitrogens is 5. The minimum absolute atomic E-state index is 0.0679. The quantitative estimate of drug-likeness (QED) is 0.498. The molecule has 0 saturated heterocycles. The third-order valence-electron chi connectivity index (χ3n) is 5.11. The summed E-state index contributed by atoms with van der Waals surface area (Å²) in [6, 6.07) is 11.4. The van der Waals surface area contributed by atoms with Crippen LogP contribution in [0.1, 0.15) is 18.5 Å². The zero-order valence-electron chi connectivity index (χ0n) is 16.0. The molecule has 154 valence electrons. The predicted octanol–water partition coefficient (Wildman–Crippen LogP) is 4.22. The fraction of sp³-hybridized carbons (Fsp3) is 0.190. The van der Waals surface area contributed by atoms with Crippen LogP contribution in [0.2, 0.25) is 5.02 Å². The number of benzene rings is 2. The largest absolute Gasteiger partial charge is 0.381 e. The molecule has 0 fully saturated rings. The lowest BCUT2D eigenvalue weighted by Gasteiger charge is -2.34. The smallest absolute Gasteiger partial charge is 0.137 e. The highest BCUT2D eigenvalue weighted by Gasteiger charge is 2.40. The summed E-state index contributed by atoms with van der Waals surface area (Å²) >= 11 is 6.26. The second-order valence-electron chi connectivity index (χ2n) is 6.98. The van der Waals surface area contributed by atoms with Gasteiger partial charge in [-0.2, -0.15) is 10.2 Å². The van der Waals surface area contributed by atoms with Crippen LogP contribution in [0.3, 0.4) is 0 Å². The molecule has 2 aromatic heterocycles. The van der Waals surface area contributed by atoms with Crippen LogP contribution in [0.4, 0.5) is 8.78 Å². The standard InChI is InChI=1S/C21H18ClF2N5O/c1-14(29-9-8-20(27-29)16-4-2-3-5-18(16)22)21(30,11-28-13-25-12-26-28)17-7-6-15(23)10-19(17)24/h2-10,12-14,30H,11H2,1H3/t14-,21-/m1/s1. The molecule has 6 nitrogen and oxygen atoms in total. The number of halogens is 3. The van der Waals surface area contributed by atoms with Crippen molar-refractivity contribution < 1.29 is 13.9 Å². The van der Waals surface area contributed by atoms with E-state index in [9.17, 15) is 13.9 Å². The van der Waals surface area contributed by atoms with Gasteiger partial charge in [0, 0.05) is 23.4 Å². The summed E-state index contributed by atoms with van der Waals surface area (Å²) in [7, 11) is 0. The second-order valence-corrected chi connectivity index (χ2v) is 7.39. The van der Waals surface area contributed by atoms with E-state index in [2.05, 4.69) is 15.2 Å². The molecule has 0 spiro atoms. The van der Waals surface area contributed by atoms with E-state index >= 15 is 0 Å². The molecular weight excluding hydrogens is 412 g/mol. The maximum absolute atomic E-state index is 14.7. The first-order valence-corrected chi connectivity index (χ1v) is 9.56. The van der Waals surface area contributed by atoms with Crippen LogP contribution in [0, 0.1) is 11.6 Å². The predicted molar refractivity (Wildman–Crippen MR) is 108 cm³/mol. The SMILES string of the molecule is C[C@@H](n1ccc(-c2ccccc2Cl)n1)[C@](O)(Cn1cncn1)c1ccc(F)cc1F. The van der Waals surface area contributed by atoms with E-state index in [-0.39, 0.29) is 12.1 Å². The van der Waals surface area contributed by atoms with Crippen molar-refractivity contribution in [3.8, 4) is 11.3 Å². The molecule has 4 aromatic rings. The van der Waals surface area contributed by atoms with Gasteiger partial charge in [0.25, 0.3) is 0 Å². The number of rotatable bonds is 6. The second kappa shape index (κ2) is 7.97. The van der Waals surface area contributed by atoms with Crippen molar-refractivity contribution >= 4 is 11.6 Å². The highest BCUT2D eigenvalue weighted by atomic mass is 35.5. The first-order valence-electron chi connectivity index (χ1n) is 9.19. The van der Waals surface area contributed by atoms with Crippen molar-refractivity contribution in [3.05, 3.63) is 89.6 Å². The van der Waals surface area contributed by atoms with Gasteiger partial charge in [-0.05, 0) is 25.1 Å². The van der Waals surface area contributed by atoms with Crippen LogP contribution in [0.5, 0.6) is 0 Å². The summed E-state index contributed by atoms with van der Waals surface area (Å²) in [6.07, 6.45) is 4.41. The number of hydrogen-bond donors (Lipinski definition) is 1. The first-order chi connectivity index (χ1) is 14.4. The van der Waals surface area contributed by atoms with E-state index < -0.39 is 23.3 Å². The Morgan fingerprint density at radius 1 is 1.17 bits per heavy atom. The summed E-state index contributed by atoms with van der Waals surface area (Å²) in [6.45, 7) is 1.58. The van der Waals surface area contributed by atoms with Gasteiger partial charge in [0.1, 0.15) is 29.9 Å². The fourth-order valence-corrected chi connectivity index (χ4v) is 3.66. The van der Waals surface area contributed by atoms with Gasteiger partial charge in [-0.1, -0.05) is 35.9 Å². The Hall–Kier alpha value is -3.10. The average Bonchev–Trinajstić information content (AvgIpc) is 3.39. The van der Waals surface area contributed by atoms with E-state index in [0.717, 1.165) is 17.7 Å². The molecule has 1 N–H and O–H groups in total. The molecule has 0 bridgehead atoms. The monoisotopic (exact) mass is 429 g/mol. The van der Waals surface area contributed by atoms with Gasteiger partial charge < -0.3 is 5.11 Å². The molecule has 0 aliphatic heterocycles. The Morgan fingerprint density at radius 3 is 2.67 bits per heavy atom. The molecular formula is C21H18ClF2N5O. The molecule has 0 aliphatic rings. The lowest BCUT2D eigenvalue weighted by atomic mass is 9.86. The molecule has 0 radical (unpaired) electrons. The Labute approximate surface area is 176 Å². The lowest BCUT2D eigenvalue weighted by molar-refractivity contribution is -0.0368. The van der Waals surface area contributed by atoms with E-state index in [4.69, 9.17) is 11.6 Å². The van der Waals surface area contributed by atoms with Crippen LogP contribution < -0.4 is 0 Å². The fourth-order valence-electron chi connectivity index (χ4n) is 3.43. The van der Waals surface area contributed by atoms with Crippen LogP contribution in [-0.2, 0) is 12.1 Å². The highest BCUT2D eigenvalue weighted by Crippen LogP contribution is 2.37. The van der Waals surface area contributed by atoms with Gasteiger partial charge in [-0.15, -0.1) is 0 Å². The molecule has 2 heterocycles. The Kier molecular flexibility index (Phi) is 5.36. The van der Waals surface area contributed by atoms with Crippen molar-refractivity contribution in [2.75, 3.05) is 0 Å². The van der Waals surface area contributed by atoms with E-state index in [1.54, 1.807) is 25.3 Å². The molecule has 9 heteroatoms. The first kappa shape index (κ1) is 20.2. The minimum atomic E-state index is -1.80. The van der Waals surface area contributed by atoms with Crippen molar-refractivity contribution in [2.24, 2.45) is 0 Å². The molecule has 2 atom stereocenters. The third-order valence-corrected chi connectivity index (χ3v) is 5.44. The molecule has 0 saturated carbocycles. The van der Waals surface area contributed by atoms with Gasteiger partial charge in [-0.25, -0.2) is 18.4 Å². The Balaban J connectivity index is 1.76. The number of hydrogen-bond acceptors (Lipinski definition) is 4. The molecule has 30 heavy (non-hydrogen) atoms. The van der Waals surface area contributed by atoms with Gasteiger partial charge in [0.2, 0.25) is 0 Å². The van der Waals surface area contributed by atoms with Crippen LogP contribution in [0.15, 0.2) is 67.4 Å².